The average Bonchev–Trinajstić information content (AvgIpc) is 3.34. The van der Waals surface area contributed by atoms with Crippen LogP contribution in [0, 0.1) is 5.82 Å². The highest BCUT2D eigenvalue weighted by Gasteiger charge is 2.32. The van der Waals surface area contributed by atoms with Crippen LogP contribution in [-0.4, -0.2) is 56.4 Å². The third-order valence-electron chi connectivity index (χ3n) is 5.65. The fourth-order valence-corrected chi connectivity index (χ4v) is 4.00. The second-order valence-corrected chi connectivity index (χ2v) is 7.87. The van der Waals surface area contributed by atoms with Crippen LogP contribution in [0.4, 0.5) is 4.39 Å². The summed E-state index contributed by atoms with van der Waals surface area (Å²) in [6, 6.07) is 14.4. The third kappa shape index (κ3) is 6.79. The molecule has 2 saturated heterocycles. The Hall–Kier alpha value is -1.91. The van der Waals surface area contributed by atoms with Crippen LogP contribution in [0.1, 0.15) is 24.0 Å². The van der Waals surface area contributed by atoms with Crippen LogP contribution in [-0.2, 0) is 22.6 Å². The van der Waals surface area contributed by atoms with Crippen LogP contribution in [0.15, 0.2) is 53.5 Å². The first-order valence-electron chi connectivity index (χ1n) is 10.9. The molecule has 0 saturated carbocycles. The first kappa shape index (κ1) is 24.7. The predicted molar refractivity (Wildman–Crippen MR) is 133 cm³/mol. The van der Waals surface area contributed by atoms with E-state index in [2.05, 4.69) is 15.2 Å². The highest BCUT2D eigenvalue weighted by atomic mass is 127. The maximum absolute atomic E-state index is 13.3. The minimum Gasteiger partial charge on any atom is -0.489 e. The Labute approximate surface area is 206 Å². The van der Waals surface area contributed by atoms with Crippen LogP contribution < -0.4 is 10.1 Å². The van der Waals surface area contributed by atoms with Gasteiger partial charge in [-0.15, -0.1) is 24.0 Å². The Morgan fingerprint density at radius 1 is 1.12 bits per heavy atom. The third-order valence-corrected chi connectivity index (χ3v) is 5.65. The number of rotatable bonds is 6. The molecule has 2 aromatic rings. The van der Waals surface area contributed by atoms with Gasteiger partial charge in [0.25, 0.3) is 0 Å². The maximum Gasteiger partial charge on any atom is 0.194 e. The minimum atomic E-state index is -0.252. The van der Waals surface area contributed by atoms with Crippen molar-refractivity contribution in [2.45, 2.75) is 38.2 Å². The fraction of sp³-hybridized carbons (Fsp3) is 0.458. The number of nitrogens with zero attached hydrogens (tertiary/aromatic N) is 2. The van der Waals surface area contributed by atoms with Gasteiger partial charge in [0.05, 0.1) is 12.7 Å². The van der Waals surface area contributed by atoms with E-state index in [1.54, 1.807) is 6.07 Å². The number of ether oxygens (including phenoxy) is 3. The molecule has 0 amide bonds. The first-order chi connectivity index (χ1) is 15.2. The van der Waals surface area contributed by atoms with Crippen molar-refractivity contribution in [3.05, 3.63) is 65.5 Å². The monoisotopic (exact) mass is 555 g/mol. The largest absolute Gasteiger partial charge is 0.489 e. The molecule has 0 aromatic heterocycles. The number of morpholine rings is 1. The molecule has 2 aliphatic rings. The number of nitrogens with one attached hydrogen (secondary N) is 1. The van der Waals surface area contributed by atoms with Crippen molar-refractivity contribution in [1.29, 1.82) is 0 Å². The van der Waals surface area contributed by atoms with Crippen LogP contribution in [0.3, 0.4) is 0 Å². The molecule has 2 aromatic carbocycles. The highest BCUT2D eigenvalue weighted by Crippen LogP contribution is 2.21. The predicted octanol–water partition coefficient (Wildman–Crippen LogP) is 3.98. The summed E-state index contributed by atoms with van der Waals surface area (Å²) in [5.74, 6) is 1.38. The quantitative estimate of drug-likeness (QED) is 0.332. The molecule has 8 heteroatoms. The molecule has 0 spiro atoms. The van der Waals surface area contributed by atoms with E-state index in [4.69, 9.17) is 14.2 Å². The van der Waals surface area contributed by atoms with Gasteiger partial charge in [0.2, 0.25) is 0 Å². The maximum atomic E-state index is 13.3. The van der Waals surface area contributed by atoms with Gasteiger partial charge < -0.3 is 24.4 Å². The molecule has 32 heavy (non-hydrogen) atoms. The molecule has 2 aliphatic heterocycles. The Morgan fingerprint density at radius 2 is 1.94 bits per heavy atom. The molecule has 174 valence electrons. The molecule has 0 radical (unpaired) electrons. The highest BCUT2D eigenvalue weighted by molar-refractivity contribution is 14.0. The van der Waals surface area contributed by atoms with Crippen LogP contribution >= 0.6 is 24.0 Å². The summed E-state index contributed by atoms with van der Waals surface area (Å²) in [6.45, 7) is 4.12. The van der Waals surface area contributed by atoms with E-state index in [0.29, 0.717) is 19.8 Å². The Bertz CT molecular complexity index is 875. The summed E-state index contributed by atoms with van der Waals surface area (Å²) in [7, 11) is 1.81. The lowest BCUT2D eigenvalue weighted by Gasteiger charge is -2.37. The molecule has 4 rings (SSSR count). The standard InChI is InChI=1S/C24H30FN3O3.HI/c1-26-24(28-11-13-30-23(16-28)22-6-3-12-29-22)27-15-18-7-9-21(10-8-18)31-17-19-4-2-5-20(25)14-19;/h2,4-5,7-10,14,22-23H,3,6,11-13,15-17H2,1H3,(H,26,27);1H. The van der Waals surface area contributed by atoms with Crippen molar-refractivity contribution >= 4 is 29.9 Å². The zero-order chi connectivity index (χ0) is 21.5. The molecule has 2 heterocycles. The number of aliphatic imine (C=N–C) groups is 1. The van der Waals surface area contributed by atoms with Crippen molar-refractivity contribution in [1.82, 2.24) is 10.2 Å². The molecule has 0 aliphatic carbocycles. The van der Waals surface area contributed by atoms with Gasteiger partial charge in [-0.3, -0.25) is 4.99 Å². The summed E-state index contributed by atoms with van der Waals surface area (Å²) in [6.07, 6.45) is 2.47. The first-order valence-corrected chi connectivity index (χ1v) is 10.9. The Morgan fingerprint density at radius 3 is 2.66 bits per heavy atom. The molecule has 1 N–H and O–H groups in total. The number of hydrogen-bond acceptors (Lipinski definition) is 4. The zero-order valence-electron chi connectivity index (χ0n) is 18.3. The van der Waals surface area contributed by atoms with Gasteiger partial charge in [-0.2, -0.15) is 0 Å². The number of guanidine groups is 1. The molecule has 2 atom stereocenters. The van der Waals surface area contributed by atoms with E-state index in [1.807, 2.05) is 37.4 Å². The lowest BCUT2D eigenvalue weighted by molar-refractivity contribution is -0.0817. The lowest BCUT2D eigenvalue weighted by atomic mass is 10.1. The van der Waals surface area contributed by atoms with Crippen LogP contribution in [0.2, 0.25) is 0 Å². The van der Waals surface area contributed by atoms with E-state index in [1.165, 1.54) is 12.1 Å². The van der Waals surface area contributed by atoms with Crippen LogP contribution in [0.5, 0.6) is 5.75 Å². The van der Waals surface area contributed by atoms with Gasteiger partial charge in [0.15, 0.2) is 5.96 Å². The van der Waals surface area contributed by atoms with Gasteiger partial charge in [0.1, 0.15) is 24.3 Å². The molecule has 0 bridgehead atoms. The summed E-state index contributed by atoms with van der Waals surface area (Å²) in [4.78, 5) is 6.70. The summed E-state index contributed by atoms with van der Waals surface area (Å²) in [5, 5.41) is 3.45. The Balaban J connectivity index is 0.00000289. The molecular formula is C24H31FIN3O3. The smallest absolute Gasteiger partial charge is 0.194 e. The van der Waals surface area contributed by atoms with E-state index in [-0.39, 0.29) is 42.0 Å². The SMILES string of the molecule is CN=C(NCc1ccc(OCc2cccc(F)c2)cc1)N1CCOC(C2CCCO2)C1.I. The average molecular weight is 555 g/mol. The fourth-order valence-electron chi connectivity index (χ4n) is 4.00. The second-order valence-electron chi connectivity index (χ2n) is 7.87. The van der Waals surface area contributed by atoms with Crippen molar-refractivity contribution in [3.8, 4) is 5.75 Å². The molecule has 2 fully saturated rings. The number of halogens is 2. The normalized spacial score (nSPS) is 21.2. The minimum absolute atomic E-state index is 0. The van der Waals surface area contributed by atoms with Crippen molar-refractivity contribution in [2.75, 3.05) is 33.4 Å². The van der Waals surface area contributed by atoms with E-state index < -0.39 is 0 Å². The Kier molecular flexibility index (Phi) is 9.55. The van der Waals surface area contributed by atoms with E-state index >= 15 is 0 Å². The zero-order valence-corrected chi connectivity index (χ0v) is 20.7. The molecule has 6 nitrogen and oxygen atoms in total. The molecule has 2 unspecified atom stereocenters. The topological polar surface area (TPSA) is 55.3 Å². The summed E-state index contributed by atoms with van der Waals surface area (Å²) >= 11 is 0. The van der Waals surface area contributed by atoms with Crippen molar-refractivity contribution in [2.24, 2.45) is 4.99 Å². The van der Waals surface area contributed by atoms with Gasteiger partial charge in [-0.1, -0.05) is 24.3 Å². The summed E-state index contributed by atoms with van der Waals surface area (Å²) in [5.41, 5.74) is 1.93. The van der Waals surface area contributed by atoms with Gasteiger partial charge in [0, 0.05) is 33.3 Å². The van der Waals surface area contributed by atoms with Crippen LogP contribution in [0.25, 0.3) is 0 Å². The van der Waals surface area contributed by atoms with Gasteiger partial charge in [-0.05, 0) is 48.2 Å². The van der Waals surface area contributed by atoms with E-state index in [9.17, 15) is 4.39 Å². The number of hydrogen-bond donors (Lipinski definition) is 1. The van der Waals surface area contributed by atoms with Gasteiger partial charge in [-0.25, -0.2) is 4.39 Å². The summed E-state index contributed by atoms with van der Waals surface area (Å²) < 4.78 is 30.8. The van der Waals surface area contributed by atoms with Crippen molar-refractivity contribution in [3.63, 3.8) is 0 Å². The van der Waals surface area contributed by atoms with Crippen molar-refractivity contribution < 1.29 is 18.6 Å². The van der Waals surface area contributed by atoms with Gasteiger partial charge >= 0.3 is 0 Å². The second kappa shape index (κ2) is 12.4. The lowest BCUT2D eigenvalue weighted by Crippen LogP contribution is -2.53. The van der Waals surface area contributed by atoms with E-state index in [0.717, 1.165) is 55.4 Å². The molecular weight excluding hydrogens is 524 g/mol. The number of benzene rings is 2.